The predicted octanol–water partition coefficient (Wildman–Crippen LogP) is 5.44. The second kappa shape index (κ2) is 12.6. The molecule has 2 N–H and O–H groups in total. The Bertz CT molecular complexity index is 1260. The number of nitrogens with zero attached hydrogens (tertiary/aromatic N) is 1. The van der Waals surface area contributed by atoms with Crippen molar-refractivity contribution >= 4 is 17.7 Å². The fraction of sp³-hybridized carbons (Fsp3) is 0.483. The fourth-order valence-electron chi connectivity index (χ4n) is 5.41. The van der Waals surface area contributed by atoms with Crippen LogP contribution in [-0.4, -0.2) is 54.9 Å². The van der Waals surface area contributed by atoms with Gasteiger partial charge in [0.05, 0.1) is 24.2 Å². The average molecular weight is 600 g/mol. The van der Waals surface area contributed by atoms with Gasteiger partial charge in [-0.25, -0.2) is 0 Å². The quantitative estimate of drug-likeness (QED) is 0.433. The molecule has 4 rings (SSSR count). The first-order valence-electron chi connectivity index (χ1n) is 13.6. The summed E-state index contributed by atoms with van der Waals surface area (Å²) in [6.45, 7) is -0.0674. The molecule has 228 valence electrons. The van der Waals surface area contributed by atoms with Gasteiger partial charge in [-0.05, 0) is 68.1 Å². The third kappa shape index (κ3) is 7.54. The van der Waals surface area contributed by atoms with Crippen molar-refractivity contribution in [2.24, 2.45) is 5.92 Å². The number of methoxy groups -OCH3 is 1. The van der Waals surface area contributed by atoms with Crippen molar-refractivity contribution < 1.29 is 45.5 Å². The monoisotopic (exact) mass is 599 g/mol. The van der Waals surface area contributed by atoms with E-state index in [1.54, 1.807) is 24.3 Å². The van der Waals surface area contributed by atoms with E-state index in [0.29, 0.717) is 49.1 Å². The first-order chi connectivity index (χ1) is 19.8. The smallest absolute Gasteiger partial charge is 0.416 e. The minimum atomic E-state index is -5.08. The van der Waals surface area contributed by atoms with Gasteiger partial charge in [0.25, 0.3) is 11.8 Å². The van der Waals surface area contributed by atoms with Crippen molar-refractivity contribution in [2.75, 3.05) is 20.2 Å². The summed E-state index contributed by atoms with van der Waals surface area (Å²) in [4.78, 5) is 40.2. The van der Waals surface area contributed by atoms with Crippen molar-refractivity contribution in [1.29, 1.82) is 0 Å². The number of carbonyl (C=O) groups excluding carboxylic acids is 3. The van der Waals surface area contributed by atoms with Crippen LogP contribution in [0.25, 0.3) is 0 Å². The molecule has 0 unspecified atom stereocenters. The molecule has 2 aromatic carbocycles. The van der Waals surface area contributed by atoms with Gasteiger partial charge in [0.2, 0.25) is 5.91 Å². The van der Waals surface area contributed by atoms with Gasteiger partial charge in [0, 0.05) is 36.3 Å². The van der Waals surface area contributed by atoms with Gasteiger partial charge in [0.15, 0.2) is 0 Å². The first-order valence-corrected chi connectivity index (χ1v) is 13.6. The molecular weight excluding hydrogens is 568 g/mol. The van der Waals surface area contributed by atoms with Crippen molar-refractivity contribution in [3.8, 4) is 5.75 Å². The Labute approximate surface area is 238 Å². The summed E-state index contributed by atoms with van der Waals surface area (Å²) in [5.41, 5.74) is -3.47. The van der Waals surface area contributed by atoms with Crippen molar-refractivity contribution in [1.82, 2.24) is 15.5 Å². The van der Waals surface area contributed by atoms with Crippen molar-refractivity contribution in [2.45, 2.75) is 63.0 Å². The molecule has 42 heavy (non-hydrogen) atoms. The summed E-state index contributed by atoms with van der Waals surface area (Å²) in [6, 6.07) is 6.63. The van der Waals surface area contributed by atoms with E-state index in [4.69, 9.17) is 4.74 Å². The Morgan fingerprint density at radius 2 is 1.36 bits per heavy atom. The Morgan fingerprint density at radius 3 is 1.90 bits per heavy atom. The Balaban J connectivity index is 1.43. The molecule has 3 atom stereocenters. The summed E-state index contributed by atoms with van der Waals surface area (Å²) in [5.74, 6) is -1.81. The largest absolute Gasteiger partial charge is 0.497 e. The maximum Gasteiger partial charge on any atom is 0.416 e. The van der Waals surface area contributed by atoms with Crippen LogP contribution in [-0.2, 0) is 17.1 Å². The zero-order valence-electron chi connectivity index (χ0n) is 22.8. The van der Waals surface area contributed by atoms with Crippen LogP contribution in [0, 0.1) is 5.92 Å². The van der Waals surface area contributed by atoms with Crippen molar-refractivity contribution in [3.05, 3.63) is 64.7 Å². The lowest BCUT2D eigenvalue weighted by Crippen LogP contribution is -2.55. The van der Waals surface area contributed by atoms with E-state index < -0.39 is 40.9 Å². The molecule has 2 aliphatic rings. The highest BCUT2D eigenvalue weighted by Gasteiger charge is 2.39. The molecule has 3 amide bonds. The summed E-state index contributed by atoms with van der Waals surface area (Å²) >= 11 is 0. The van der Waals surface area contributed by atoms with E-state index in [-0.39, 0.29) is 43.1 Å². The number of alkyl halides is 6. The molecule has 0 radical (unpaired) electrons. The van der Waals surface area contributed by atoms with E-state index in [1.807, 2.05) is 0 Å². The van der Waals surface area contributed by atoms with Crippen LogP contribution < -0.4 is 15.4 Å². The molecule has 1 saturated carbocycles. The number of amides is 3. The van der Waals surface area contributed by atoms with E-state index in [1.165, 1.54) is 7.11 Å². The van der Waals surface area contributed by atoms with Gasteiger partial charge in [-0.15, -0.1) is 0 Å². The highest BCUT2D eigenvalue weighted by molar-refractivity contribution is 5.95. The number of likely N-dealkylation sites (tertiary alicyclic amines) is 1. The zero-order valence-corrected chi connectivity index (χ0v) is 22.8. The van der Waals surface area contributed by atoms with Gasteiger partial charge >= 0.3 is 12.4 Å². The van der Waals surface area contributed by atoms with E-state index in [0.717, 1.165) is 17.7 Å². The van der Waals surface area contributed by atoms with E-state index in [9.17, 15) is 40.7 Å². The van der Waals surface area contributed by atoms with Gasteiger partial charge in [-0.2, -0.15) is 26.3 Å². The van der Waals surface area contributed by atoms with Crippen LogP contribution in [0.5, 0.6) is 5.75 Å². The van der Waals surface area contributed by atoms with Crippen LogP contribution in [0.3, 0.4) is 0 Å². The number of piperidine rings is 1. The molecule has 1 aliphatic heterocycles. The van der Waals surface area contributed by atoms with Gasteiger partial charge in [-0.3, -0.25) is 14.4 Å². The molecule has 7 nitrogen and oxygen atoms in total. The summed E-state index contributed by atoms with van der Waals surface area (Å²) in [6.07, 6.45) is -6.51. The van der Waals surface area contributed by atoms with E-state index in [2.05, 4.69) is 10.6 Å². The van der Waals surface area contributed by atoms with Gasteiger partial charge < -0.3 is 20.3 Å². The number of benzene rings is 2. The van der Waals surface area contributed by atoms with Crippen LogP contribution >= 0.6 is 0 Å². The Kier molecular flexibility index (Phi) is 9.37. The summed E-state index contributed by atoms with van der Waals surface area (Å²) in [7, 11) is 1.51. The third-order valence-electron chi connectivity index (χ3n) is 7.68. The maximum atomic E-state index is 13.3. The second-order valence-corrected chi connectivity index (χ2v) is 10.6. The maximum absolute atomic E-state index is 13.3. The number of carbonyl (C=O) groups is 3. The molecule has 2 fully saturated rings. The number of hydrogen-bond donors (Lipinski definition) is 2. The molecule has 13 heteroatoms. The third-order valence-corrected chi connectivity index (χ3v) is 7.68. The summed E-state index contributed by atoms with van der Waals surface area (Å²) in [5, 5.41) is 5.93. The predicted molar refractivity (Wildman–Crippen MR) is 140 cm³/mol. The van der Waals surface area contributed by atoms with Crippen LogP contribution in [0.2, 0.25) is 0 Å². The number of ether oxygens (including phenoxy) is 1. The SMILES string of the molecule is COc1ccc(C(=O)N[C@@H]2CCCC[C@H]2NC(=O)[C@@H]2CCCN(C(=O)c3cc(C(F)(F)F)cc(C(F)(F)F)c3)C2)cc1. The second-order valence-electron chi connectivity index (χ2n) is 10.6. The highest BCUT2D eigenvalue weighted by atomic mass is 19.4. The molecule has 0 spiro atoms. The number of hydrogen-bond acceptors (Lipinski definition) is 4. The highest BCUT2D eigenvalue weighted by Crippen LogP contribution is 2.37. The van der Waals surface area contributed by atoms with Crippen LogP contribution in [0.4, 0.5) is 26.3 Å². The number of rotatable bonds is 6. The van der Waals surface area contributed by atoms with Crippen LogP contribution in [0.1, 0.15) is 70.4 Å². The Hall–Kier alpha value is -3.77. The molecule has 1 aliphatic carbocycles. The minimum absolute atomic E-state index is 0.0305. The van der Waals surface area contributed by atoms with Crippen molar-refractivity contribution in [3.63, 3.8) is 0 Å². The molecule has 0 bridgehead atoms. The lowest BCUT2D eigenvalue weighted by atomic mass is 9.88. The van der Waals surface area contributed by atoms with Gasteiger partial charge in [0.1, 0.15) is 5.75 Å². The first kappa shape index (κ1) is 31.2. The molecule has 2 aromatic rings. The van der Waals surface area contributed by atoms with E-state index >= 15 is 0 Å². The van der Waals surface area contributed by atoms with Crippen LogP contribution in [0.15, 0.2) is 42.5 Å². The Morgan fingerprint density at radius 1 is 0.786 bits per heavy atom. The lowest BCUT2D eigenvalue weighted by Gasteiger charge is -2.36. The standard InChI is InChI=1S/C29H31F6N3O4/c1-42-22-10-8-17(9-11-22)25(39)36-23-6-2-3-7-24(23)37-26(40)18-5-4-12-38(16-18)27(41)19-13-20(28(30,31)32)15-21(14-19)29(33,34)35/h8-11,13-15,18,23-24H,2-7,12,16H2,1H3,(H,36,39)(H,37,40)/t18-,23-,24-/m1/s1. The zero-order chi connectivity index (χ0) is 30.7. The average Bonchev–Trinajstić information content (AvgIpc) is 2.96. The molecule has 1 saturated heterocycles. The fourth-order valence-corrected chi connectivity index (χ4v) is 5.41. The normalized spacial score (nSPS) is 21.4. The van der Waals surface area contributed by atoms with Gasteiger partial charge in [-0.1, -0.05) is 12.8 Å². The number of nitrogens with one attached hydrogen (secondary N) is 2. The minimum Gasteiger partial charge on any atom is -0.497 e. The molecule has 0 aromatic heterocycles. The summed E-state index contributed by atoms with van der Waals surface area (Å²) < 4.78 is 84.9. The lowest BCUT2D eigenvalue weighted by molar-refractivity contribution is -0.143. The topological polar surface area (TPSA) is 87.7 Å². The number of halogens is 6. The molecular formula is C29H31F6N3O4. The molecule has 1 heterocycles.